The summed E-state index contributed by atoms with van der Waals surface area (Å²) in [5.74, 6) is 0.123. The molecular weight excluding hydrogens is 288 g/mol. The van der Waals surface area contributed by atoms with Gasteiger partial charge in [0, 0.05) is 12.1 Å². The molecule has 22 heavy (non-hydrogen) atoms. The fraction of sp³-hybridized carbons (Fsp3) is 0.533. The molecule has 0 aromatic heterocycles. The van der Waals surface area contributed by atoms with Crippen molar-refractivity contribution in [2.75, 3.05) is 13.7 Å². The van der Waals surface area contributed by atoms with Gasteiger partial charge in [-0.3, -0.25) is 14.9 Å². The molecule has 0 heterocycles. The van der Waals surface area contributed by atoms with Crippen molar-refractivity contribution < 1.29 is 19.2 Å². The van der Waals surface area contributed by atoms with Crippen LogP contribution in [0.4, 0.5) is 5.69 Å². The molecule has 0 bridgehead atoms. The smallest absolute Gasteiger partial charge is 0.286 e. The molecule has 0 radical (unpaired) electrons. The molecule has 120 valence electrons. The van der Waals surface area contributed by atoms with Gasteiger partial charge >= 0.3 is 0 Å². The van der Waals surface area contributed by atoms with Crippen LogP contribution in [-0.4, -0.2) is 30.6 Å². The number of benzene rings is 1. The van der Waals surface area contributed by atoms with Gasteiger partial charge in [-0.05, 0) is 19.8 Å². The fourth-order valence-electron chi connectivity index (χ4n) is 2.64. The van der Waals surface area contributed by atoms with E-state index in [4.69, 9.17) is 9.47 Å². The molecular formula is C15H20N2O5. The summed E-state index contributed by atoms with van der Waals surface area (Å²) in [5.41, 5.74) is -0.281. The molecule has 2 rings (SSSR count). The van der Waals surface area contributed by atoms with Gasteiger partial charge in [0.05, 0.1) is 24.7 Å². The van der Waals surface area contributed by atoms with E-state index in [1.165, 1.54) is 19.2 Å². The lowest BCUT2D eigenvalue weighted by atomic mass is 10.1. The van der Waals surface area contributed by atoms with Crippen molar-refractivity contribution >= 4 is 11.6 Å². The molecule has 0 saturated heterocycles. The summed E-state index contributed by atoms with van der Waals surface area (Å²) in [6, 6.07) is 2.70. The standard InChI is InChI=1S/C15H20N2O5/c1-3-22-14-9-12(17(19)20)11(8-13(14)21-2)15(18)16-10-6-4-5-7-10/h8-10H,3-7H2,1-2H3,(H,16,18). The molecule has 1 saturated carbocycles. The Hall–Kier alpha value is -2.31. The number of hydrogen-bond acceptors (Lipinski definition) is 5. The first-order valence-corrected chi connectivity index (χ1v) is 7.37. The molecule has 1 fully saturated rings. The summed E-state index contributed by atoms with van der Waals surface area (Å²) in [6.07, 6.45) is 3.96. The van der Waals surface area contributed by atoms with Gasteiger partial charge < -0.3 is 14.8 Å². The number of nitrogens with zero attached hydrogens (tertiary/aromatic N) is 1. The van der Waals surface area contributed by atoms with E-state index in [-0.39, 0.29) is 23.0 Å². The average molecular weight is 308 g/mol. The number of nitro groups is 1. The van der Waals surface area contributed by atoms with Crippen LogP contribution in [0.2, 0.25) is 0 Å². The second-order valence-electron chi connectivity index (χ2n) is 5.17. The van der Waals surface area contributed by atoms with Crippen molar-refractivity contribution in [2.45, 2.75) is 38.6 Å². The Labute approximate surface area is 128 Å². The summed E-state index contributed by atoms with van der Waals surface area (Å²) in [5, 5.41) is 14.1. The van der Waals surface area contributed by atoms with Crippen molar-refractivity contribution in [3.05, 3.63) is 27.8 Å². The molecule has 1 aromatic rings. The van der Waals surface area contributed by atoms with Gasteiger partial charge in [-0.1, -0.05) is 12.8 Å². The topological polar surface area (TPSA) is 90.7 Å². The maximum absolute atomic E-state index is 12.4. The van der Waals surface area contributed by atoms with Crippen LogP contribution in [0.15, 0.2) is 12.1 Å². The number of rotatable bonds is 6. The molecule has 7 nitrogen and oxygen atoms in total. The predicted octanol–water partition coefficient (Wildman–Crippen LogP) is 2.67. The van der Waals surface area contributed by atoms with E-state index in [1.807, 2.05) is 0 Å². The van der Waals surface area contributed by atoms with Gasteiger partial charge in [-0.25, -0.2) is 0 Å². The van der Waals surface area contributed by atoms with Gasteiger partial charge in [0.25, 0.3) is 11.6 Å². The number of methoxy groups -OCH3 is 1. The molecule has 1 aromatic carbocycles. The van der Waals surface area contributed by atoms with E-state index in [0.29, 0.717) is 12.4 Å². The van der Waals surface area contributed by atoms with Crippen LogP contribution in [0.25, 0.3) is 0 Å². The van der Waals surface area contributed by atoms with Crippen LogP contribution in [-0.2, 0) is 0 Å². The molecule has 1 N–H and O–H groups in total. The zero-order valence-corrected chi connectivity index (χ0v) is 12.8. The van der Waals surface area contributed by atoms with Crippen LogP contribution in [0.1, 0.15) is 43.0 Å². The highest BCUT2D eigenvalue weighted by molar-refractivity contribution is 5.99. The van der Waals surface area contributed by atoms with E-state index in [1.54, 1.807) is 6.92 Å². The minimum atomic E-state index is -0.578. The van der Waals surface area contributed by atoms with E-state index >= 15 is 0 Å². The number of hydrogen-bond donors (Lipinski definition) is 1. The summed E-state index contributed by atoms with van der Waals surface area (Å²) >= 11 is 0. The highest BCUT2D eigenvalue weighted by Gasteiger charge is 2.27. The number of carbonyl (C=O) groups excluding carboxylic acids is 1. The van der Waals surface area contributed by atoms with E-state index in [9.17, 15) is 14.9 Å². The predicted molar refractivity (Wildman–Crippen MR) is 80.5 cm³/mol. The third kappa shape index (κ3) is 3.47. The molecule has 0 atom stereocenters. The molecule has 0 aliphatic heterocycles. The molecule has 0 unspecified atom stereocenters. The first kappa shape index (κ1) is 16.1. The van der Waals surface area contributed by atoms with Crippen LogP contribution in [0.3, 0.4) is 0 Å². The quantitative estimate of drug-likeness (QED) is 0.644. The van der Waals surface area contributed by atoms with Crippen molar-refractivity contribution in [1.82, 2.24) is 5.32 Å². The Kier molecular flexibility index (Phi) is 5.19. The monoisotopic (exact) mass is 308 g/mol. The number of nitro benzene ring substituents is 1. The maximum Gasteiger partial charge on any atom is 0.286 e. The molecule has 1 aliphatic rings. The summed E-state index contributed by atoms with van der Waals surface area (Å²) in [6.45, 7) is 2.12. The average Bonchev–Trinajstić information content (AvgIpc) is 2.99. The minimum absolute atomic E-state index is 0.00259. The highest BCUT2D eigenvalue weighted by atomic mass is 16.6. The van der Waals surface area contributed by atoms with Crippen molar-refractivity contribution in [1.29, 1.82) is 0 Å². The van der Waals surface area contributed by atoms with Crippen molar-refractivity contribution in [3.63, 3.8) is 0 Å². The van der Waals surface area contributed by atoms with Gasteiger partial charge in [-0.15, -0.1) is 0 Å². The Morgan fingerprint density at radius 3 is 2.59 bits per heavy atom. The van der Waals surface area contributed by atoms with Crippen LogP contribution >= 0.6 is 0 Å². The Bertz CT molecular complexity index is 567. The summed E-state index contributed by atoms with van der Waals surface area (Å²) in [7, 11) is 1.43. The van der Waals surface area contributed by atoms with Gasteiger partial charge in [0.1, 0.15) is 5.56 Å². The van der Waals surface area contributed by atoms with Crippen molar-refractivity contribution in [2.24, 2.45) is 0 Å². The first-order chi connectivity index (χ1) is 10.6. The molecule has 1 amide bonds. The van der Waals surface area contributed by atoms with Crippen LogP contribution in [0.5, 0.6) is 11.5 Å². The van der Waals surface area contributed by atoms with E-state index < -0.39 is 10.8 Å². The third-order valence-electron chi connectivity index (χ3n) is 3.71. The largest absolute Gasteiger partial charge is 0.493 e. The Balaban J connectivity index is 2.34. The maximum atomic E-state index is 12.4. The lowest BCUT2D eigenvalue weighted by molar-refractivity contribution is -0.385. The number of nitrogens with one attached hydrogen (secondary N) is 1. The fourth-order valence-corrected chi connectivity index (χ4v) is 2.64. The Morgan fingerprint density at radius 2 is 2.05 bits per heavy atom. The lowest BCUT2D eigenvalue weighted by Crippen LogP contribution is -2.33. The van der Waals surface area contributed by atoms with E-state index in [2.05, 4.69) is 5.32 Å². The summed E-state index contributed by atoms with van der Waals surface area (Å²) in [4.78, 5) is 23.0. The normalized spacial score (nSPS) is 14.6. The molecule has 1 aliphatic carbocycles. The highest BCUT2D eigenvalue weighted by Crippen LogP contribution is 2.35. The number of amides is 1. The summed E-state index contributed by atoms with van der Waals surface area (Å²) < 4.78 is 10.5. The minimum Gasteiger partial charge on any atom is -0.493 e. The molecule has 7 heteroatoms. The third-order valence-corrected chi connectivity index (χ3v) is 3.71. The zero-order valence-electron chi connectivity index (χ0n) is 12.8. The second kappa shape index (κ2) is 7.11. The van der Waals surface area contributed by atoms with Crippen molar-refractivity contribution in [3.8, 4) is 11.5 Å². The van der Waals surface area contributed by atoms with Gasteiger partial charge in [0.15, 0.2) is 11.5 Å². The molecule has 0 spiro atoms. The van der Waals surface area contributed by atoms with Gasteiger partial charge in [-0.2, -0.15) is 0 Å². The van der Waals surface area contributed by atoms with Crippen LogP contribution < -0.4 is 14.8 Å². The number of ether oxygens (including phenoxy) is 2. The second-order valence-corrected chi connectivity index (χ2v) is 5.17. The number of carbonyl (C=O) groups is 1. The van der Waals surface area contributed by atoms with Crippen LogP contribution in [0, 0.1) is 10.1 Å². The SMILES string of the molecule is CCOc1cc([N+](=O)[O-])c(C(=O)NC2CCCC2)cc1OC. The zero-order chi connectivity index (χ0) is 16.1. The Morgan fingerprint density at radius 1 is 1.36 bits per heavy atom. The van der Waals surface area contributed by atoms with Gasteiger partial charge in [0.2, 0.25) is 0 Å². The first-order valence-electron chi connectivity index (χ1n) is 7.37. The lowest BCUT2D eigenvalue weighted by Gasteiger charge is -2.14. The van der Waals surface area contributed by atoms with E-state index in [0.717, 1.165) is 25.7 Å².